The van der Waals surface area contributed by atoms with Gasteiger partial charge in [0.05, 0.1) is 6.10 Å². The van der Waals surface area contributed by atoms with E-state index in [1.54, 1.807) is 0 Å². The number of carboxylic acid groups (broad SMARTS) is 1. The Morgan fingerprint density at radius 2 is 2.08 bits per heavy atom. The summed E-state index contributed by atoms with van der Waals surface area (Å²) in [5, 5.41) is 17.7. The first-order valence-electron chi connectivity index (χ1n) is 4.20. The molecule has 12 heavy (non-hydrogen) atoms. The molecule has 0 aromatic heterocycles. The molecule has 0 aliphatic rings. The molecule has 0 rings (SSSR count). The number of aliphatic hydroxyl groups excluding tert-OH is 1. The number of hydrogen-bond donors (Lipinski definition) is 2. The average Bonchev–Trinajstić information content (AvgIpc) is 2.00. The number of carbonyl (C=O) groups is 1. The maximum absolute atomic E-state index is 10.3. The van der Waals surface area contributed by atoms with Gasteiger partial charge in [0.1, 0.15) is 0 Å². The van der Waals surface area contributed by atoms with Gasteiger partial charge in [-0.1, -0.05) is 13.3 Å². The zero-order chi connectivity index (χ0) is 9.56. The van der Waals surface area contributed by atoms with Gasteiger partial charge in [0.25, 0.3) is 0 Å². The normalized spacial score (nSPS) is 12.6. The van der Waals surface area contributed by atoms with E-state index in [9.17, 15) is 9.90 Å². The van der Waals surface area contributed by atoms with Crippen molar-refractivity contribution in [2.45, 2.75) is 32.3 Å². The maximum atomic E-state index is 10.3. The van der Waals surface area contributed by atoms with Crippen LogP contribution in [0, 0.1) is 0 Å². The second-order valence-electron chi connectivity index (χ2n) is 2.94. The van der Waals surface area contributed by atoms with Crippen LogP contribution < -0.4 is 0 Å². The van der Waals surface area contributed by atoms with E-state index in [1.165, 1.54) is 11.9 Å². The minimum atomic E-state index is -0.946. The fourth-order valence-corrected chi connectivity index (χ4v) is 0.916. The summed E-state index contributed by atoms with van der Waals surface area (Å²) in [6.07, 6.45) is 0.887. The molecule has 0 aromatic carbocycles. The quantitative estimate of drug-likeness (QED) is 0.658. The van der Waals surface area contributed by atoms with Gasteiger partial charge in [-0.15, -0.1) is 0 Å². The summed E-state index contributed by atoms with van der Waals surface area (Å²) in [7, 11) is 1.50. The van der Waals surface area contributed by atoms with E-state index >= 15 is 0 Å². The summed E-state index contributed by atoms with van der Waals surface area (Å²) in [4.78, 5) is 11.5. The summed E-state index contributed by atoms with van der Waals surface area (Å²) in [5.74, 6) is 0. The standard InChI is InChI=1S/C8H17NO3/c1-3-4-7(10)5-6-9(2)8(11)12/h7,10H,3-6H2,1-2H3,(H,11,12). The van der Waals surface area contributed by atoms with Crippen LogP contribution in [-0.4, -0.2) is 40.9 Å². The Labute approximate surface area is 72.8 Å². The third-order valence-corrected chi connectivity index (χ3v) is 1.75. The molecule has 0 aromatic rings. The molecular weight excluding hydrogens is 158 g/mol. The molecule has 0 saturated heterocycles. The van der Waals surface area contributed by atoms with Crippen molar-refractivity contribution in [1.82, 2.24) is 4.90 Å². The molecule has 4 heteroatoms. The van der Waals surface area contributed by atoms with Gasteiger partial charge in [-0.25, -0.2) is 4.79 Å². The lowest BCUT2D eigenvalue weighted by Gasteiger charge is -2.15. The summed E-state index contributed by atoms with van der Waals surface area (Å²) >= 11 is 0. The van der Waals surface area contributed by atoms with Crippen molar-refractivity contribution in [2.24, 2.45) is 0 Å². The largest absolute Gasteiger partial charge is 0.465 e. The van der Waals surface area contributed by atoms with Crippen molar-refractivity contribution < 1.29 is 15.0 Å². The Balaban J connectivity index is 3.46. The maximum Gasteiger partial charge on any atom is 0.407 e. The number of hydrogen-bond acceptors (Lipinski definition) is 2. The minimum Gasteiger partial charge on any atom is -0.465 e. The van der Waals surface area contributed by atoms with E-state index in [-0.39, 0.29) is 6.10 Å². The molecule has 0 aliphatic carbocycles. The third kappa shape index (κ3) is 4.96. The molecule has 0 aliphatic heterocycles. The fourth-order valence-electron chi connectivity index (χ4n) is 0.916. The van der Waals surface area contributed by atoms with Crippen LogP contribution in [-0.2, 0) is 0 Å². The van der Waals surface area contributed by atoms with Gasteiger partial charge >= 0.3 is 6.09 Å². The Morgan fingerprint density at radius 1 is 1.50 bits per heavy atom. The van der Waals surface area contributed by atoms with Crippen molar-refractivity contribution in [3.05, 3.63) is 0 Å². The molecule has 1 atom stereocenters. The smallest absolute Gasteiger partial charge is 0.407 e. The van der Waals surface area contributed by atoms with Crippen LogP contribution >= 0.6 is 0 Å². The predicted molar refractivity (Wildman–Crippen MR) is 46.2 cm³/mol. The number of rotatable bonds is 5. The molecule has 0 bridgehead atoms. The van der Waals surface area contributed by atoms with Gasteiger partial charge in [0, 0.05) is 13.6 Å². The lowest BCUT2D eigenvalue weighted by atomic mass is 10.1. The molecule has 4 nitrogen and oxygen atoms in total. The Morgan fingerprint density at radius 3 is 2.50 bits per heavy atom. The van der Waals surface area contributed by atoms with E-state index < -0.39 is 6.09 Å². The zero-order valence-corrected chi connectivity index (χ0v) is 7.66. The first kappa shape index (κ1) is 11.2. The second kappa shape index (κ2) is 5.83. The van der Waals surface area contributed by atoms with Crippen molar-refractivity contribution in [2.75, 3.05) is 13.6 Å². The van der Waals surface area contributed by atoms with E-state index in [4.69, 9.17) is 5.11 Å². The summed E-state index contributed by atoms with van der Waals surface area (Å²) in [6.45, 7) is 2.39. The van der Waals surface area contributed by atoms with Crippen molar-refractivity contribution >= 4 is 6.09 Å². The lowest BCUT2D eigenvalue weighted by Crippen LogP contribution is -2.28. The molecule has 72 valence electrons. The van der Waals surface area contributed by atoms with Crippen LogP contribution in [0.3, 0.4) is 0 Å². The van der Waals surface area contributed by atoms with Crippen molar-refractivity contribution in [3.8, 4) is 0 Å². The molecule has 1 amide bonds. The van der Waals surface area contributed by atoms with Crippen LogP contribution in [0.2, 0.25) is 0 Å². The van der Waals surface area contributed by atoms with Crippen LogP contribution in [0.5, 0.6) is 0 Å². The highest BCUT2D eigenvalue weighted by atomic mass is 16.4. The third-order valence-electron chi connectivity index (χ3n) is 1.75. The Bertz CT molecular complexity index is 138. The average molecular weight is 175 g/mol. The van der Waals surface area contributed by atoms with Gasteiger partial charge in [0.2, 0.25) is 0 Å². The van der Waals surface area contributed by atoms with Gasteiger partial charge in [-0.2, -0.15) is 0 Å². The van der Waals surface area contributed by atoms with Crippen LogP contribution in [0.1, 0.15) is 26.2 Å². The first-order chi connectivity index (χ1) is 5.57. The molecule has 1 unspecified atom stereocenters. The van der Waals surface area contributed by atoms with E-state index in [0.29, 0.717) is 13.0 Å². The number of nitrogens with zero attached hydrogens (tertiary/aromatic N) is 1. The van der Waals surface area contributed by atoms with Crippen LogP contribution in [0.15, 0.2) is 0 Å². The predicted octanol–water partition coefficient (Wildman–Crippen LogP) is 1.15. The highest BCUT2D eigenvalue weighted by Gasteiger charge is 2.08. The van der Waals surface area contributed by atoms with Crippen molar-refractivity contribution in [3.63, 3.8) is 0 Å². The van der Waals surface area contributed by atoms with Gasteiger partial charge in [-0.05, 0) is 12.8 Å². The molecule has 0 spiro atoms. The fraction of sp³-hybridized carbons (Fsp3) is 0.875. The van der Waals surface area contributed by atoms with Crippen LogP contribution in [0.4, 0.5) is 4.79 Å². The van der Waals surface area contributed by atoms with Gasteiger partial charge < -0.3 is 15.1 Å². The van der Waals surface area contributed by atoms with E-state index in [2.05, 4.69) is 0 Å². The highest BCUT2D eigenvalue weighted by Crippen LogP contribution is 2.01. The SMILES string of the molecule is CCCC(O)CCN(C)C(=O)O. The topological polar surface area (TPSA) is 60.8 Å². The highest BCUT2D eigenvalue weighted by molar-refractivity contribution is 5.64. The lowest BCUT2D eigenvalue weighted by molar-refractivity contribution is 0.125. The summed E-state index contributed by atoms with van der Waals surface area (Å²) in [5.41, 5.74) is 0. The monoisotopic (exact) mass is 175 g/mol. The summed E-state index contributed by atoms with van der Waals surface area (Å²) in [6, 6.07) is 0. The minimum absolute atomic E-state index is 0.364. The number of amides is 1. The number of aliphatic hydroxyl groups is 1. The van der Waals surface area contributed by atoms with Crippen molar-refractivity contribution in [1.29, 1.82) is 0 Å². The molecule has 0 radical (unpaired) electrons. The second-order valence-corrected chi connectivity index (χ2v) is 2.94. The summed E-state index contributed by atoms with van der Waals surface area (Å²) < 4.78 is 0. The molecule has 2 N–H and O–H groups in total. The van der Waals surface area contributed by atoms with E-state index in [0.717, 1.165) is 12.8 Å². The first-order valence-corrected chi connectivity index (χ1v) is 4.20. The zero-order valence-electron chi connectivity index (χ0n) is 7.66. The molecule has 0 saturated carbocycles. The van der Waals surface area contributed by atoms with Gasteiger partial charge in [-0.3, -0.25) is 0 Å². The van der Waals surface area contributed by atoms with Crippen LogP contribution in [0.25, 0.3) is 0 Å². The Hall–Kier alpha value is -0.770. The van der Waals surface area contributed by atoms with Gasteiger partial charge in [0.15, 0.2) is 0 Å². The molecular formula is C8H17NO3. The molecule has 0 fully saturated rings. The van der Waals surface area contributed by atoms with E-state index in [1.807, 2.05) is 6.92 Å². The Kier molecular flexibility index (Phi) is 5.45. The molecule has 0 heterocycles.